The fourth-order valence-corrected chi connectivity index (χ4v) is 5.76. The number of nitriles is 1. The lowest BCUT2D eigenvalue weighted by Gasteiger charge is -2.33. The number of halogens is 3. The molecular formula is C25H22F3N5OS. The Kier molecular flexibility index (Phi) is 5.97. The van der Waals surface area contributed by atoms with Crippen LogP contribution >= 0.6 is 11.3 Å². The Morgan fingerprint density at radius 3 is 2.89 bits per heavy atom. The molecule has 3 aromatic rings. The van der Waals surface area contributed by atoms with Crippen molar-refractivity contribution in [1.29, 1.82) is 5.26 Å². The number of fused-ring (bicyclic) bond motifs is 2. The number of hydrogen-bond acceptors (Lipinski definition) is 6. The van der Waals surface area contributed by atoms with E-state index in [1.54, 1.807) is 0 Å². The minimum absolute atomic E-state index is 0.00952. The Hall–Kier alpha value is -3.45. The molecule has 1 aromatic carbocycles. The third kappa shape index (κ3) is 4.86. The van der Waals surface area contributed by atoms with Crippen molar-refractivity contribution in [1.82, 2.24) is 14.9 Å². The second kappa shape index (κ2) is 8.96. The first-order valence-corrected chi connectivity index (χ1v) is 12.1. The van der Waals surface area contributed by atoms with E-state index in [0.29, 0.717) is 42.0 Å². The Morgan fingerprint density at radius 2 is 2.14 bits per heavy atom. The van der Waals surface area contributed by atoms with Gasteiger partial charge < -0.3 is 10.2 Å². The summed E-state index contributed by atoms with van der Waals surface area (Å²) < 4.78 is 38.4. The zero-order chi connectivity index (χ0) is 24.7. The Balaban J connectivity index is 1.26. The third-order valence-corrected chi connectivity index (χ3v) is 7.58. The van der Waals surface area contributed by atoms with Crippen molar-refractivity contribution in [2.75, 3.05) is 11.9 Å². The van der Waals surface area contributed by atoms with Crippen molar-refractivity contribution in [3.63, 3.8) is 0 Å². The van der Waals surface area contributed by atoms with Crippen molar-refractivity contribution >= 4 is 39.4 Å². The maximum Gasteiger partial charge on any atom is 0.393 e. The number of rotatable bonds is 5. The number of carbonyl (C=O) groups excluding carboxylic acids is 1. The quantitative estimate of drug-likeness (QED) is 0.526. The normalized spacial score (nSPS) is 17.9. The van der Waals surface area contributed by atoms with Crippen molar-refractivity contribution < 1.29 is 18.0 Å². The zero-order valence-electron chi connectivity index (χ0n) is 18.9. The smallest absolute Gasteiger partial charge is 0.366 e. The summed E-state index contributed by atoms with van der Waals surface area (Å²) in [5.41, 5.74) is 5.12. The molecule has 180 valence electrons. The second-order valence-electron chi connectivity index (χ2n) is 8.98. The number of likely N-dealkylation sites (tertiary alicyclic amines) is 1. The van der Waals surface area contributed by atoms with E-state index in [1.165, 1.54) is 12.4 Å². The number of anilines is 1. The first kappa shape index (κ1) is 23.3. The number of allylic oxidation sites excluding steroid dienone is 1. The van der Waals surface area contributed by atoms with Gasteiger partial charge in [0, 0.05) is 42.4 Å². The van der Waals surface area contributed by atoms with Crippen LogP contribution in [0.3, 0.4) is 0 Å². The minimum Gasteiger partial charge on any atom is -0.366 e. The lowest BCUT2D eigenvalue weighted by Crippen LogP contribution is -2.43. The molecule has 1 fully saturated rings. The molecule has 1 atom stereocenters. The number of nitrogens with zero attached hydrogens (tertiary/aromatic N) is 4. The fraction of sp³-hybridized carbons (Fsp3) is 0.360. The summed E-state index contributed by atoms with van der Waals surface area (Å²) in [5, 5.41) is 13.0. The lowest BCUT2D eigenvalue weighted by molar-refractivity contribution is -0.134. The van der Waals surface area contributed by atoms with Gasteiger partial charge in [0.15, 0.2) is 0 Å². The highest BCUT2D eigenvalue weighted by atomic mass is 32.1. The van der Waals surface area contributed by atoms with Gasteiger partial charge in [-0.15, -0.1) is 11.3 Å². The number of benzene rings is 1. The molecule has 0 spiro atoms. The summed E-state index contributed by atoms with van der Waals surface area (Å²) in [4.78, 5) is 23.8. The highest BCUT2D eigenvalue weighted by Crippen LogP contribution is 2.34. The van der Waals surface area contributed by atoms with Crippen LogP contribution in [0.2, 0.25) is 0 Å². The molecule has 2 aromatic heterocycles. The van der Waals surface area contributed by atoms with Crippen LogP contribution in [0, 0.1) is 18.3 Å². The van der Waals surface area contributed by atoms with E-state index in [9.17, 15) is 23.2 Å². The molecule has 0 bridgehead atoms. The van der Waals surface area contributed by atoms with Crippen LogP contribution in [0.5, 0.6) is 0 Å². The number of piperidine rings is 1. The van der Waals surface area contributed by atoms with Gasteiger partial charge in [0.2, 0.25) is 5.91 Å². The molecule has 35 heavy (non-hydrogen) atoms. The van der Waals surface area contributed by atoms with Crippen LogP contribution in [0.25, 0.3) is 16.3 Å². The lowest BCUT2D eigenvalue weighted by atomic mass is 9.97. The molecular weight excluding hydrogens is 475 g/mol. The SMILES string of the molecule is Cc1c(CN2CCC(Nc3ncnc4sc(CC(F)(F)F)cc34)CC2=O)ccc2c1C=C(C#N)C2. The Bertz CT molecular complexity index is 1390. The number of aromatic nitrogens is 2. The van der Waals surface area contributed by atoms with Crippen LogP contribution in [-0.2, 0) is 24.2 Å². The van der Waals surface area contributed by atoms with E-state index in [4.69, 9.17) is 0 Å². The van der Waals surface area contributed by atoms with Crippen LogP contribution in [-0.4, -0.2) is 39.5 Å². The number of nitrogens with one attached hydrogen (secondary N) is 1. The predicted octanol–water partition coefficient (Wildman–Crippen LogP) is 5.17. The first-order chi connectivity index (χ1) is 16.7. The van der Waals surface area contributed by atoms with E-state index >= 15 is 0 Å². The molecule has 1 unspecified atom stereocenters. The Morgan fingerprint density at radius 1 is 1.31 bits per heavy atom. The molecule has 1 saturated heterocycles. The molecule has 6 nitrogen and oxygen atoms in total. The van der Waals surface area contributed by atoms with Crippen molar-refractivity contribution in [3.8, 4) is 6.07 Å². The van der Waals surface area contributed by atoms with E-state index in [1.807, 2.05) is 30.0 Å². The van der Waals surface area contributed by atoms with Crippen LogP contribution in [0.4, 0.5) is 19.0 Å². The van der Waals surface area contributed by atoms with E-state index < -0.39 is 12.6 Å². The standard InChI is InChI=1S/C25H22F3N5OS/c1-14-17(3-2-16-6-15(11-29)7-20(14)16)12-33-5-4-18(8-22(33)34)32-23-21-9-19(10-25(26,27)28)35-24(21)31-13-30-23/h2-3,7,9,13,18H,4-6,8,10,12H2,1H3,(H,30,31,32). The highest BCUT2D eigenvalue weighted by molar-refractivity contribution is 7.18. The average molecular weight is 498 g/mol. The number of thiophene rings is 1. The van der Waals surface area contributed by atoms with Gasteiger partial charge >= 0.3 is 6.18 Å². The van der Waals surface area contributed by atoms with Crippen molar-refractivity contribution in [2.24, 2.45) is 0 Å². The summed E-state index contributed by atoms with van der Waals surface area (Å²) in [6.07, 6.45) is -0.405. The summed E-state index contributed by atoms with van der Waals surface area (Å²) in [6, 6.07) is 7.61. The summed E-state index contributed by atoms with van der Waals surface area (Å²) >= 11 is 1.01. The molecule has 1 N–H and O–H groups in total. The molecule has 1 aliphatic carbocycles. The monoisotopic (exact) mass is 497 g/mol. The van der Waals surface area contributed by atoms with Crippen molar-refractivity contribution in [2.45, 2.75) is 51.4 Å². The summed E-state index contributed by atoms with van der Waals surface area (Å²) in [5.74, 6) is 0.468. The van der Waals surface area contributed by atoms with Gasteiger partial charge in [-0.05, 0) is 47.7 Å². The highest BCUT2D eigenvalue weighted by Gasteiger charge is 2.30. The van der Waals surface area contributed by atoms with Crippen LogP contribution in [0.1, 0.15) is 40.0 Å². The maximum atomic E-state index is 12.9. The second-order valence-corrected chi connectivity index (χ2v) is 10.1. The molecule has 0 radical (unpaired) electrons. The molecule has 1 amide bonds. The maximum absolute atomic E-state index is 12.9. The number of alkyl halides is 3. The van der Waals surface area contributed by atoms with Gasteiger partial charge in [0.1, 0.15) is 17.0 Å². The van der Waals surface area contributed by atoms with E-state index in [-0.39, 0.29) is 23.2 Å². The topological polar surface area (TPSA) is 81.9 Å². The van der Waals surface area contributed by atoms with Crippen molar-refractivity contribution in [3.05, 3.63) is 57.2 Å². The van der Waals surface area contributed by atoms with E-state index in [2.05, 4.69) is 21.4 Å². The van der Waals surface area contributed by atoms with Crippen LogP contribution in [0.15, 0.2) is 30.1 Å². The predicted molar refractivity (Wildman–Crippen MR) is 128 cm³/mol. The van der Waals surface area contributed by atoms with Gasteiger partial charge in [-0.2, -0.15) is 18.4 Å². The van der Waals surface area contributed by atoms with Gasteiger partial charge in [-0.3, -0.25) is 4.79 Å². The van der Waals surface area contributed by atoms with Crippen LogP contribution < -0.4 is 5.32 Å². The number of carbonyl (C=O) groups is 1. The molecule has 5 rings (SSSR count). The molecule has 10 heteroatoms. The van der Waals surface area contributed by atoms with E-state index in [0.717, 1.165) is 39.2 Å². The fourth-order valence-electron chi connectivity index (χ4n) is 4.73. The number of hydrogen-bond donors (Lipinski definition) is 1. The average Bonchev–Trinajstić information content (AvgIpc) is 3.40. The third-order valence-electron chi connectivity index (χ3n) is 6.54. The molecule has 0 saturated carbocycles. The molecule has 1 aliphatic heterocycles. The number of amides is 1. The van der Waals surface area contributed by atoms with Gasteiger partial charge in [0.05, 0.1) is 17.9 Å². The van der Waals surface area contributed by atoms with Gasteiger partial charge in [0.25, 0.3) is 0 Å². The van der Waals surface area contributed by atoms with Gasteiger partial charge in [-0.1, -0.05) is 12.1 Å². The molecule has 3 heterocycles. The zero-order valence-corrected chi connectivity index (χ0v) is 19.8. The summed E-state index contributed by atoms with van der Waals surface area (Å²) in [6.45, 7) is 3.09. The molecule has 2 aliphatic rings. The van der Waals surface area contributed by atoms with Gasteiger partial charge in [-0.25, -0.2) is 9.97 Å². The minimum atomic E-state index is -4.29. The first-order valence-electron chi connectivity index (χ1n) is 11.3. The Labute approximate surface area is 204 Å². The largest absolute Gasteiger partial charge is 0.393 e. The summed E-state index contributed by atoms with van der Waals surface area (Å²) in [7, 11) is 0.